The lowest BCUT2D eigenvalue weighted by atomic mass is 9.81. The van der Waals surface area contributed by atoms with Crippen molar-refractivity contribution < 1.29 is 28.2 Å². The molecule has 0 heterocycles. The molecule has 0 unspecified atom stereocenters. The van der Waals surface area contributed by atoms with E-state index in [9.17, 15) is 9.59 Å². The van der Waals surface area contributed by atoms with E-state index in [4.69, 9.17) is 18.6 Å². The van der Waals surface area contributed by atoms with Crippen molar-refractivity contribution in [2.45, 2.75) is 63.1 Å². The molecule has 27 heavy (non-hydrogen) atoms. The van der Waals surface area contributed by atoms with Crippen LogP contribution in [0.25, 0.3) is 0 Å². The molecule has 0 radical (unpaired) electrons. The van der Waals surface area contributed by atoms with Crippen LogP contribution in [0.2, 0.25) is 18.1 Å². The summed E-state index contributed by atoms with van der Waals surface area (Å²) in [6, 6.07) is 0. The smallest absolute Gasteiger partial charge is 0.333 e. The van der Waals surface area contributed by atoms with Crippen LogP contribution in [0.1, 0.15) is 27.2 Å². The van der Waals surface area contributed by atoms with E-state index in [-0.39, 0.29) is 9.47 Å². The molecule has 1 aliphatic carbocycles. The summed E-state index contributed by atoms with van der Waals surface area (Å²) in [7, 11) is 0.679. The third-order valence-electron chi connectivity index (χ3n) is 5.28. The third-order valence-corrected chi connectivity index (χ3v) is 10.4. The highest BCUT2D eigenvalue weighted by Crippen LogP contribution is 2.42. The quantitative estimate of drug-likeness (QED) is 0.171. The zero-order valence-corrected chi connectivity index (χ0v) is 20.4. The first-order valence-corrected chi connectivity index (χ1v) is 13.2. The van der Waals surface area contributed by atoms with E-state index < -0.39 is 38.1 Å². The highest BCUT2D eigenvalue weighted by Gasteiger charge is 2.51. The number of esters is 2. The molecule has 0 aromatic carbocycles. The number of rotatable bonds is 7. The molecule has 0 aromatic rings. The fourth-order valence-corrected chi connectivity index (χ4v) is 4.30. The van der Waals surface area contributed by atoms with Crippen LogP contribution in [0.3, 0.4) is 0 Å². The fraction of sp³-hybridized carbons (Fsp3) is 0.684. The Labute approximate surface area is 176 Å². The first-order chi connectivity index (χ1) is 12.4. The summed E-state index contributed by atoms with van der Waals surface area (Å²) in [6.45, 7) is 14.5. The molecule has 0 fully saturated rings. The minimum absolute atomic E-state index is 0.0341. The maximum absolute atomic E-state index is 12.3. The predicted molar refractivity (Wildman–Crippen MR) is 115 cm³/mol. The van der Waals surface area contributed by atoms with Crippen molar-refractivity contribution in [3.05, 3.63) is 24.3 Å². The van der Waals surface area contributed by atoms with Crippen LogP contribution >= 0.6 is 22.6 Å². The Bertz CT molecular complexity index is 610. The standard InChI is InChI=1S/C19H31IO6Si/c1-9-19(25-15(21)12-20)11-13(17(22)24-6)10-14(16(19)23-5)26-27(7,8)18(2,3)4/h9,11,14,16H,1,10,12H2,2-8H3/t14-,16+,19+/m1/s1. The van der Waals surface area contributed by atoms with E-state index in [2.05, 4.69) is 40.4 Å². The lowest BCUT2D eigenvalue weighted by Crippen LogP contribution is -2.58. The van der Waals surface area contributed by atoms with Crippen molar-refractivity contribution >= 4 is 42.8 Å². The Hall–Kier alpha value is -0.713. The summed E-state index contributed by atoms with van der Waals surface area (Å²) >= 11 is 1.93. The van der Waals surface area contributed by atoms with E-state index in [1.54, 1.807) is 13.2 Å². The zero-order chi connectivity index (χ0) is 21.0. The minimum atomic E-state index is -2.18. The summed E-state index contributed by atoms with van der Waals surface area (Å²) in [4.78, 5) is 24.4. The SMILES string of the molecule is C=C[C@]1(OC(=O)CI)C=C(C(=O)OC)C[C@@H](O[Si](C)(C)C(C)(C)C)[C@@H]1OC. The maximum atomic E-state index is 12.3. The van der Waals surface area contributed by atoms with Crippen molar-refractivity contribution in [3.8, 4) is 0 Å². The van der Waals surface area contributed by atoms with Gasteiger partial charge in [0.1, 0.15) is 6.10 Å². The first kappa shape index (κ1) is 24.3. The number of hydrogen-bond acceptors (Lipinski definition) is 6. The third kappa shape index (κ3) is 5.42. The lowest BCUT2D eigenvalue weighted by molar-refractivity contribution is -0.167. The van der Waals surface area contributed by atoms with Crippen molar-refractivity contribution in [2.75, 3.05) is 18.6 Å². The van der Waals surface area contributed by atoms with Gasteiger partial charge in [-0.1, -0.05) is 49.9 Å². The number of halogens is 1. The Morgan fingerprint density at radius 1 is 1.37 bits per heavy atom. The van der Waals surface area contributed by atoms with Crippen LogP contribution in [-0.2, 0) is 28.2 Å². The molecular weight excluding hydrogens is 479 g/mol. The molecule has 1 aliphatic rings. The average Bonchev–Trinajstić information content (AvgIpc) is 2.59. The van der Waals surface area contributed by atoms with E-state index in [1.165, 1.54) is 13.2 Å². The molecule has 154 valence electrons. The van der Waals surface area contributed by atoms with Gasteiger partial charge in [0, 0.05) is 19.1 Å². The summed E-state index contributed by atoms with van der Waals surface area (Å²) in [6.07, 6.45) is 2.29. The van der Waals surface area contributed by atoms with Gasteiger partial charge in [-0.15, -0.1) is 0 Å². The van der Waals surface area contributed by atoms with Gasteiger partial charge in [-0.3, -0.25) is 4.79 Å². The van der Waals surface area contributed by atoms with Gasteiger partial charge < -0.3 is 18.6 Å². The predicted octanol–water partition coefficient (Wildman–Crippen LogP) is 3.80. The molecule has 3 atom stereocenters. The molecule has 0 saturated heterocycles. The normalized spacial score (nSPS) is 26.1. The second-order valence-corrected chi connectivity index (χ2v) is 13.6. The molecule has 0 saturated carbocycles. The summed E-state index contributed by atoms with van der Waals surface area (Å²) in [5, 5.41) is -0.0341. The van der Waals surface area contributed by atoms with Crippen LogP contribution in [0.5, 0.6) is 0 Å². The number of ether oxygens (including phenoxy) is 3. The van der Waals surface area contributed by atoms with Gasteiger partial charge in [0.15, 0.2) is 13.9 Å². The van der Waals surface area contributed by atoms with Crippen LogP contribution in [0.15, 0.2) is 24.3 Å². The van der Waals surface area contributed by atoms with E-state index in [1.807, 2.05) is 22.6 Å². The number of methoxy groups -OCH3 is 2. The van der Waals surface area contributed by atoms with Crippen molar-refractivity contribution in [3.63, 3.8) is 0 Å². The number of hydrogen-bond donors (Lipinski definition) is 0. The molecule has 6 nitrogen and oxygen atoms in total. The number of alkyl halides is 1. The Balaban J connectivity index is 3.45. The van der Waals surface area contributed by atoms with Gasteiger partial charge in [0.2, 0.25) is 0 Å². The van der Waals surface area contributed by atoms with E-state index in [0.717, 1.165) is 0 Å². The molecule has 8 heteroatoms. The van der Waals surface area contributed by atoms with Crippen LogP contribution in [0.4, 0.5) is 0 Å². The second kappa shape index (κ2) is 9.19. The van der Waals surface area contributed by atoms with E-state index in [0.29, 0.717) is 12.0 Å². The Morgan fingerprint density at radius 2 is 1.96 bits per heavy atom. The molecule has 0 aromatic heterocycles. The monoisotopic (exact) mass is 510 g/mol. The van der Waals surface area contributed by atoms with Gasteiger partial charge in [-0.2, -0.15) is 0 Å². The first-order valence-electron chi connectivity index (χ1n) is 8.79. The van der Waals surface area contributed by atoms with Gasteiger partial charge in [0.05, 0.1) is 17.6 Å². The summed E-state index contributed by atoms with van der Waals surface area (Å²) in [5.41, 5.74) is -0.915. The fourth-order valence-electron chi connectivity index (χ4n) is 2.82. The largest absolute Gasteiger partial charge is 0.466 e. The minimum Gasteiger partial charge on any atom is -0.466 e. The second-order valence-electron chi connectivity index (χ2n) is 8.10. The van der Waals surface area contributed by atoms with Gasteiger partial charge >= 0.3 is 11.9 Å². The van der Waals surface area contributed by atoms with Gasteiger partial charge in [0.25, 0.3) is 0 Å². The Morgan fingerprint density at radius 3 is 2.37 bits per heavy atom. The number of carbonyl (C=O) groups is 2. The zero-order valence-electron chi connectivity index (χ0n) is 17.3. The van der Waals surface area contributed by atoms with Crippen LogP contribution in [0, 0.1) is 0 Å². The lowest BCUT2D eigenvalue weighted by Gasteiger charge is -2.47. The molecule has 0 aliphatic heterocycles. The van der Waals surface area contributed by atoms with Crippen molar-refractivity contribution in [2.24, 2.45) is 0 Å². The summed E-state index contributed by atoms with van der Waals surface area (Å²) < 4.78 is 23.1. The van der Waals surface area contributed by atoms with Crippen LogP contribution in [-0.4, -0.2) is 56.7 Å². The molecule has 0 N–H and O–H groups in total. The topological polar surface area (TPSA) is 71.1 Å². The van der Waals surface area contributed by atoms with Crippen LogP contribution < -0.4 is 0 Å². The molecule has 0 amide bonds. The molecule has 0 bridgehead atoms. The highest BCUT2D eigenvalue weighted by atomic mass is 127. The molecule has 0 spiro atoms. The summed E-state index contributed by atoms with van der Waals surface area (Å²) in [5.74, 6) is -0.906. The highest BCUT2D eigenvalue weighted by molar-refractivity contribution is 14.1. The van der Waals surface area contributed by atoms with Gasteiger partial charge in [-0.05, 0) is 30.3 Å². The molecule has 1 rings (SSSR count). The van der Waals surface area contributed by atoms with Crippen molar-refractivity contribution in [1.82, 2.24) is 0 Å². The number of carbonyl (C=O) groups excluding carboxylic acids is 2. The maximum Gasteiger partial charge on any atom is 0.333 e. The van der Waals surface area contributed by atoms with Gasteiger partial charge in [-0.25, -0.2) is 4.79 Å². The molecular formula is C19H31IO6Si. The average molecular weight is 510 g/mol. The van der Waals surface area contributed by atoms with E-state index >= 15 is 0 Å². The Kier molecular flexibility index (Phi) is 8.28. The van der Waals surface area contributed by atoms with Crippen molar-refractivity contribution in [1.29, 1.82) is 0 Å².